The van der Waals surface area contributed by atoms with Crippen LogP contribution in [0, 0.1) is 11.7 Å². The van der Waals surface area contributed by atoms with Crippen LogP contribution in [0.3, 0.4) is 0 Å². The molecule has 0 radical (unpaired) electrons. The van der Waals surface area contributed by atoms with Crippen molar-refractivity contribution in [1.29, 1.82) is 0 Å². The zero-order chi connectivity index (χ0) is 14.8. The van der Waals surface area contributed by atoms with Crippen molar-refractivity contribution in [3.63, 3.8) is 0 Å². The van der Waals surface area contributed by atoms with Gasteiger partial charge in [-0.15, -0.1) is 0 Å². The van der Waals surface area contributed by atoms with Crippen molar-refractivity contribution in [2.75, 3.05) is 18.0 Å². The van der Waals surface area contributed by atoms with Crippen molar-refractivity contribution in [2.45, 2.75) is 13.3 Å². The Morgan fingerprint density at radius 1 is 1.24 bits per heavy atom. The molecular weight excluding hydrogens is 265 g/mol. The summed E-state index contributed by atoms with van der Waals surface area (Å²) >= 11 is 0. The van der Waals surface area contributed by atoms with Crippen LogP contribution in [0.25, 0.3) is 0 Å². The van der Waals surface area contributed by atoms with E-state index in [0.29, 0.717) is 18.0 Å². The smallest absolute Gasteiger partial charge is 0.182 e. The maximum absolute atomic E-state index is 13.2. The number of halogens is 1. The number of benzene rings is 2. The van der Waals surface area contributed by atoms with E-state index in [4.69, 9.17) is 0 Å². The largest absolute Gasteiger partial charge is 0.363 e. The number of Topliss-reactive ketones (excluding diaryl/α,β-unsaturated/α-hetero) is 1. The molecule has 0 saturated carbocycles. The minimum absolute atomic E-state index is 0.0431. The highest BCUT2D eigenvalue weighted by molar-refractivity contribution is 5.99. The van der Waals surface area contributed by atoms with Gasteiger partial charge in [0.1, 0.15) is 5.82 Å². The molecule has 3 heteroatoms. The van der Waals surface area contributed by atoms with E-state index in [0.717, 1.165) is 18.7 Å². The Morgan fingerprint density at radius 2 is 2.05 bits per heavy atom. The number of rotatable bonds is 3. The molecule has 1 unspecified atom stereocenters. The zero-order valence-electron chi connectivity index (χ0n) is 12.1. The van der Waals surface area contributed by atoms with Crippen LogP contribution in [0.1, 0.15) is 22.8 Å². The molecule has 2 aromatic carbocycles. The fourth-order valence-electron chi connectivity index (χ4n) is 2.98. The van der Waals surface area contributed by atoms with Gasteiger partial charge in [0.25, 0.3) is 0 Å². The summed E-state index contributed by atoms with van der Waals surface area (Å²) in [6.07, 6.45) is 1.04. The number of carbonyl (C=O) groups excluding carboxylic acids is 1. The molecule has 3 rings (SSSR count). The molecule has 0 aliphatic carbocycles. The monoisotopic (exact) mass is 283 g/mol. The van der Waals surface area contributed by atoms with Crippen molar-refractivity contribution in [3.8, 4) is 0 Å². The molecule has 1 heterocycles. The second-order valence-corrected chi connectivity index (χ2v) is 5.75. The Hall–Kier alpha value is -2.16. The van der Waals surface area contributed by atoms with Gasteiger partial charge in [-0.25, -0.2) is 4.39 Å². The molecule has 0 amide bonds. The van der Waals surface area contributed by atoms with Crippen LogP contribution in [-0.2, 0) is 6.42 Å². The van der Waals surface area contributed by atoms with E-state index in [1.54, 1.807) is 12.1 Å². The molecule has 0 fully saturated rings. The van der Waals surface area contributed by atoms with E-state index in [9.17, 15) is 9.18 Å². The predicted molar refractivity (Wildman–Crippen MR) is 82.3 cm³/mol. The van der Waals surface area contributed by atoms with E-state index in [1.807, 2.05) is 12.1 Å². The topological polar surface area (TPSA) is 20.3 Å². The van der Waals surface area contributed by atoms with Gasteiger partial charge in [-0.2, -0.15) is 0 Å². The highest BCUT2D eigenvalue weighted by Gasteiger charge is 2.23. The first-order valence-corrected chi connectivity index (χ1v) is 7.25. The van der Waals surface area contributed by atoms with E-state index >= 15 is 0 Å². The lowest BCUT2D eigenvalue weighted by atomic mass is 9.93. The van der Waals surface area contributed by atoms with Crippen molar-refractivity contribution in [3.05, 3.63) is 65.5 Å². The van der Waals surface area contributed by atoms with E-state index < -0.39 is 0 Å². The number of nitrogens with zero attached hydrogens (tertiary/aromatic N) is 1. The molecule has 0 bridgehead atoms. The van der Waals surface area contributed by atoms with Gasteiger partial charge in [0.2, 0.25) is 0 Å². The zero-order valence-corrected chi connectivity index (χ0v) is 12.1. The number of hydrogen-bond donors (Lipinski definition) is 0. The van der Waals surface area contributed by atoms with E-state index in [1.165, 1.54) is 17.7 Å². The normalized spacial score (nSPS) is 17.4. The Labute approximate surface area is 124 Å². The van der Waals surface area contributed by atoms with Crippen molar-refractivity contribution in [1.82, 2.24) is 0 Å². The summed E-state index contributed by atoms with van der Waals surface area (Å²) in [4.78, 5) is 14.5. The number of ketones is 1. The van der Waals surface area contributed by atoms with Crippen molar-refractivity contribution < 1.29 is 9.18 Å². The van der Waals surface area contributed by atoms with Crippen LogP contribution in [0.5, 0.6) is 0 Å². The van der Waals surface area contributed by atoms with Crippen LogP contribution in [0.4, 0.5) is 10.1 Å². The minimum atomic E-state index is -0.367. The predicted octanol–water partition coefficient (Wildman–Crippen LogP) is 3.71. The Kier molecular flexibility index (Phi) is 3.74. The third-order valence-corrected chi connectivity index (χ3v) is 3.91. The summed E-state index contributed by atoms with van der Waals surface area (Å²) < 4.78 is 13.2. The lowest BCUT2D eigenvalue weighted by Gasteiger charge is -2.34. The van der Waals surface area contributed by atoms with Crippen molar-refractivity contribution in [2.24, 2.45) is 5.92 Å². The van der Waals surface area contributed by atoms with Gasteiger partial charge in [-0.1, -0.05) is 37.3 Å². The first kappa shape index (κ1) is 13.8. The van der Waals surface area contributed by atoms with Crippen LogP contribution < -0.4 is 4.90 Å². The SMILES string of the molecule is CC1Cc2ccccc2N(CC(=O)c2cccc(F)c2)C1. The molecule has 0 aromatic heterocycles. The molecule has 2 aromatic rings. The summed E-state index contributed by atoms with van der Waals surface area (Å²) in [5.41, 5.74) is 2.84. The summed E-state index contributed by atoms with van der Waals surface area (Å²) in [5.74, 6) is 0.104. The molecule has 2 nitrogen and oxygen atoms in total. The Bertz CT molecular complexity index is 668. The maximum atomic E-state index is 13.2. The van der Waals surface area contributed by atoms with Crippen LogP contribution in [-0.4, -0.2) is 18.9 Å². The van der Waals surface area contributed by atoms with Crippen LogP contribution in [0.2, 0.25) is 0 Å². The third-order valence-electron chi connectivity index (χ3n) is 3.91. The van der Waals surface area contributed by atoms with Gasteiger partial charge in [-0.05, 0) is 36.1 Å². The van der Waals surface area contributed by atoms with Gasteiger partial charge in [-0.3, -0.25) is 4.79 Å². The van der Waals surface area contributed by atoms with Gasteiger partial charge in [0.15, 0.2) is 5.78 Å². The molecular formula is C18H18FNO. The third kappa shape index (κ3) is 2.97. The average molecular weight is 283 g/mol. The van der Waals surface area contributed by atoms with E-state index in [2.05, 4.69) is 24.0 Å². The Balaban J connectivity index is 1.83. The van der Waals surface area contributed by atoms with Gasteiger partial charge < -0.3 is 4.90 Å². The number of hydrogen-bond acceptors (Lipinski definition) is 2. The van der Waals surface area contributed by atoms with Gasteiger partial charge >= 0.3 is 0 Å². The summed E-state index contributed by atoms with van der Waals surface area (Å²) in [7, 11) is 0. The average Bonchev–Trinajstić information content (AvgIpc) is 2.47. The number of anilines is 1. The summed E-state index contributed by atoms with van der Waals surface area (Å²) in [6, 6.07) is 14.1. The first-order valence-electron chi connectivity index (χ1n) is 7.25. The Morgan fingerprint density at radius 3 is 2.86 bits per heavy atom. The number of fused-ring (bicyclic) bond motifs is 1. The molecule has 21 heavy (non-hydrogen) atoms. The fourth-order valence-corrected chi connectivity index (χ4v) is 2.98. The van der Waals surface area contributed by atoms with Crippen LogP contribution in [0.15, 0.2) is 48.5 Å². The first-order chi connectivity index (χ1) is 10.1. The molecule has 1 atom stereocenters. The number of para-hydroxylation sites is 1. The van der Waals surface area contributed by atoms with Gasteiger partial charge in [0.05, 0.1) is 6.54 Å². The summed E-state index contributed by atoms with van der Waals surface area (Å²) in [5, 5.41) is 0. The molecule has 0 saturated heterocycles. The lowest BCUT2D eigenvalue weighted by molar-refractivity contribution is 0.0997. The standard InChI is InChI=1S/C18H18FNO/c1-13-9-14-5-2-3-8-17(14)20(11-13)12-18(21)15-6-4-7-16(19)10-15/h2-8,10,13H,9,11-12H2,1H3. The van der Waals surface area contributed by atoms with Gasteiger partial charge in [0, 0.05) is 17.8 Å². The fraction of sp³-hybridized carbons (Fsp3) is 0.278. The summed E-state index contributed by atoms with van der Waals surface area (Å²) in [6.45, 7) is 3.35. The quantitative estimate of drug-likeness (QED) is 0.800. The molecule has 0 N–H and O–H groups in total. The maximum Gasteiger partial charge on any atom is 0.182 e. The second kappa shape index (κ2) is 5.68. The molecule has 1 aliphatic heterocycles. The minimum Gasteiger partial charge on any atom is -0.363 e. The van der Waals surface area contributed by atoms with E-state index in [-0.39, 0.29) is 11.6 Å². The highest BCUT2D eigenvalue weighted by Crippen LogP contribution is 2.29. The highest BCUT2D eigenvalue weighted by atomic mass is 19.1. The number of carbonyl (C=O) groups is 1. The lowest BCUT2D eigenvalue weighted by Crippen LogP contribution is -2.38. The van der Waals surface area contributed by atoms with Crippen LogP contribution >= 0.6 is 0 Å². The second-order valence-electron chi connectivity index (χ2n) is 5.75. The molecule has 108 valence electrons. The molecule has 1 aliphatic rings. The molecule has 0 spiro atoms. The van der Waals surface area contributed by atoms with Crippen molar-refractivity contribution >= 4 is 11.5 Å².